The van der Waals surface area contributed by atoms with E-state index >= 15 is 0 Å². The first-order valence-electron chi connectivity index (χ1n) is 8.79. The molecule has 0 bridgehead atoms. The third-order valence-corrected chi connectivity index (χ3v) is 5.07. The molecule has 3 aromatic rings. The predicted molar refractivity (Wildman–Crippen MR) is 112 cm³/mol. The quantitative estimate of drug-likeness (QED) is 0.490. The van der Waals surface area contributed by atoms with E-state index in [4.69, 9.17) is 0 Å². The van der Waals surface area contributed by atoms with Crippen LogP contribution in [-0.4, -0.2) is 17.1 Å². The average Bonchev–Trinajstić information content (AvgIpc) is 2.67. The van der Waals surface area contributed by atoms with E-state index in [2.05, 4.69) is 40.8 Å². The monoisotopic (exact) mass is 375 g/mol. The van der Waals surface area contributed by atoms with Gasteiger partial charge in [-0.3, -0.25) is 4.79 Å². The number of carboxylic acids is 1. The molecule has 2 N–H and O–H groups in total. The first-order valence-corrected chi connectivity index (χ1v) is 9.60. The lowest BCUT2D eigenvalue weighted by atomic mass is 10.1. The van der Waals surface area contributed by atoms with Gasteiger partial charge in [-0.05, 0) is 65.0 Å². The number of nitrogens with one attached hydrogen (secondary N) is 1. The molecule has 27 heavy (non-hydrogen) atoms. The van der Waals surface area contributed by atoms with Gasteiger partial charge in [-0.2, -0.15) is 0 Å². The van der Waals surface area contributed by atoms with Crippen molar-refractivity contribution in [3.05, 3.63) is 77.9 Å². The van der Waals surface area contributed by atoms with Crippen LogP contribution in [0.15, 0.2) is 71.6 Å². The largest absolute Gasteiger partial charge is 0.480 e. The molecule has 1 unspecified atom stereocenters. The molecule has 0 heterocycles. The topological polar surface area (TPSA) is 49.3 Å². The SMILES string of the molecule is CC(C)C(NSc1ccc(C#Cc2ccc3ccccc3c2)cc1)C(=O)O. The maximum absolute atomic E-state index is 11.2. The van der Waals surface area contributed by atoms with Crippen LogP contribution < -0.4 is 4.72 Å². The van der Waals surface area contributed by atoms with Crippen molar-refractivity contribution in [3.8, 4) is 11.8 Å². The number of hydrogen-bond donors (Lipinski definition) is 2. The standard InChI is InChI=1S/C23H21NO2S/c1-16(2)22(23(25)26)24-27-21-13-10-17(11-14-21)7-8-18-9-12-19-5-3-4-6-20(19)15-18/h3-6,9-16,22,24H,1-2H3,(H,25,26). The Balaban J connectivity index is 1.67. The summed E-state index contributed by atoms with van der Waals surface area (Å²) in [6, 6.07) is 21.6. The second-order valence-corrected chi connectivity index (χ2v) is 7.53. The van der Waals surface area contributed by atoms with E-state index in [0.29, 0.717) is 0 Å². The lowest BCUT2D eigenvalue weighted by Gasteiger charge is -2.16. The van der Waals surface area contributed by atoms with Crippen molar-refractivity contribution in [1.29, 1.82) is 0 Å². The van der Waals surface area contributed by atoms with Gasteiger partial charge in [0.2, 0.25) is 0 Å². The maximum Gasteiger partial charge on any atom is 0.321 e. The number of aliphatic carboxylic acids is 1. The number of carbonyl (C=O) groups is 1. The fourth-order valence-electron chi connectivity index (χ4n) is 2.62. The Kier molecular flexibility index (Phi) is 6.18. The van der Waals surface area contributed by atoms with Gasteiger partial charge in [0.05, 0.1) is 0 Å². The van der Waals surface area contributed by atoms with Gasteiger partial charge in [0.25, 0.3) is 0 Å². The van der Waals surface area contributed by atoms with E-state index in [9.17, 15) is 9.90 Å². The molecule has 0 spiro atoms. The van der Waals surface area contributed by atoms with Crippen LogP contribution in [0.1, 0.15) is 25.0 Å². The predicted octanol–water partition coefficient (Wildman–Crippen LogP) is 4.95. The van der Waals surface area contributed by atoms with Crippen LogP contribution in [-0.2, 0) is 4.79 Å². The number of benzene rings is 3. The van der Waals surface area contributed by atoms with Crippen molar-refractivity contribution in [2.24, 2.45) is 5.92 Å². The first kappa shape index (κ1) is 19.0. The fraction of sp³-hybridized carbons (Fsp3) is 0.174. The number of hydrogen-bond acceptors (Lipinski definition) is 3. The highest BCUT2D eigenvalue weighted by Gasteiger charge is 2.20. The summed E-state index contributed by atoms with van der Waals surface area (Å²) in [6.45, 7) is 3.77. The summed E-state index contributed by atoms with van der Waals surface area (Å²) in [5.41, 5.74) is 1.90. The third-order valence-electron chi connectivity index (χ3n) is 4.19. The minimum absolute atomic E-state index is 0.0158. The van der Waals surface area contributed by atoms with Crippen LogP contribution in [0.25, 0.3) is 10.8 Å². The van der Waals surface area contributed by atoms with Crippen LogP contribution in [0.5, 0.6) is 0 Å². The van der Waals surface area contributed by atoms with Crippen molar-refractivity contribution < 1.29 is 9.90 Å². The molecular formula is C23H21NO2S. The molecule has 3 nitrogen and oxygen atoms in total. The Morgan fingerprint density at radius 2 is 1.56 bits per heavy atom. The second-order valence-electron chi connectivity index (χ2n) is 6.62. The van der Waals surface area contributed by atoms with Gasteiger partial charge in [0.15, 0.2) is 0 Å². The van der Waals surface area contributed by atoms with Gasteiger partial charge in [-0.15, -0.1) is 0 Å². The van der Waals surface area contributed by atoms with Crippen molar-refractivity contribution in [2.75, 3.05) is 0 Å². The molecule has 0 aliphatic rings. The molecule has 4 heteroatoms. The van der Waals surface area contributed by atoms with Crippen molar-refractivity contribution in [1.82, 2.24) is 4.72 Å². The molecule has 0 aromatic heterocycles. The van der Waals surface area contributed by atoms with Gasteiger partial charge in [0.1, 0.15) is 6.04 Å². The maximum atomic E-state index is 11.2. The molecular weight excluding hydrogens is 354 g/mol. The summed E-state index contributed by atoms with van der Waals surface area (Å²) in [4.78, 5) is 12.2. The van der Waals surface area contributed by atoms with E-state index in [1.807, 2.05) is 56.3 Å². The van der Waals surface area contributed by atoms with Gasteiger partial charge < -0.3 is 5.11 Å². The van der Waals surface area contributed by atoms with E-state index in [1.165, 1.54) is 22.7 Å². The smallest absolute Gasteiger partial charge is 0.321 e. The van der Waals surface area contributed by atoms with Crippen molar-refractivity contribution in [2.45, 2.75) is 24.8 Å². The van der Waals surface area contributed by atoms with Crippen molar-refractivity contribution >= 4 is 28.7 Å². The van der Waals surface area contributed by atoms with Gasteiger partial charge in [-0.1, -0.05) is 56.0 Å². The number of rotatable bonds is 5. The molecule has 0 aliphatic carbocycles. The summed E-state index contributed by atoms with van der Waals surface area (Å²) in [5.74, 6) is 5.56. The highest BCUT2D eigenvalue weighted by atomic mass is 32.2. The molecule has 0 fully saturated rings. The molecule has 0 saturated heterocycles. The zero-order chi connectivity index (χ0) is 19.2. The van der Waals surface area contributed by atoms with E-state index in [1.54, 1.807) is 0 Å². The molecule has 0 saturated carbocycles. The zero-order valence-corrected chi connectivity index (χ0v) is 16.1. The Labute approximate surface area is 163 Å². The van der Waals surface area contributed by atoms with Gasteiger partial charge >= 0.3 is 5.97 Å². The molecule has 0 amide bonds. The fourth-order valence-corrected chi connectivity index (χ4v) is 3.53. The molecule has 0 aliphatic heterocycles. The summed E-state index contributed by atoms with van der Waals surface area (Å²) < 4.78 is 3.01. The first-order chi connectivity index (χ1) is 13.0. The average molecular weight is 375 g/mol. The zero-order valence-electron chi connectivity index (χ0n) is 15.3. The molecule has 136 valence electrons. The summed E-state index contributed by atoms with van der Waals surface area (Å²) in [7, 11) is 0. The van der Waals surface area contributed by atoms with E-state index < -0.39 is 12.0 Å². The van der Waals surface area contributed by atoms with Gasteiger partial charge in [-0.25, -0.2) is 4.72 Å². The highest BCUT2D eigenvalue weighted by Crippen LogP contribution is 2.18. The van der Waals surface area contributed by atoms with Crippen LogP contribution >= 0.6 is 11.9 Å². The summed E-state index contributed by atoms with van der Waals surface area (Å²) in [6.07, 6.45) is 0. The van der Waals surface area contributed by atoms with E-state index in [-0.39, 0.29) is 5.92 Å². The normalized spacial score (nSPS) is 11.8. The molecule has 3 rings (SSSR count). The number of fused-ring (bicyclic) bond motifs is 1. The van der Waals surface area contributed by atoms with Crippen LogP contribution in [0.3, 0.4) is 0 Å². The molecule has 0 radical (unpaired) electrons. The minimum Gasteiger partial charge on any atom is -0.480 e. The lowest BCUT2D eigenvalue weighted by molar-refractivity contribution is -0.139. The van der Waals surface area contributed by atoms with Crippen molar-refractivity contribution in [3.63, 3.8) is 0 Å². The lowest BCUT2D eigenvalue weighted by Crippen LogP contribution is -2.36. The minimum atomic E-state index is -0.838. The number of carboxylic acid groups (broad SMARTS) is 1. The molecule has 3 aromatic carbocycles. The van der Waals surface area contributed by atoms with E-state index in [0.717, 1.165) is 16.0 Å². The molecule has 1 atom stereocenters. The Morgan fingerprint density at radius 1 is 0.926 bits per heavy atom. The second kappa shape index (κ2) is 8.77. The van der Waals surface area contributed by atoms with Crippen LogP contribution in [0.2, 0.25) is 0 Å². The Morgan fingerprint density at radius 3 is 2.22 bits per heavy atom. The summed E-state index contributed by atoms with van der Waals surface area (Å²) in [5, 5.41) is 11.6. The van der Waals surface area contributed by atoms with Gasteiger partial charge in [0, 0.05) is 16.0 Å². The highest BCUT2D eigenvalue weighted by molar-refractivity contribution is 7.97. The van der Waals surface area contributed by atoms with Crippen LogP contribution in [0.4, 0.5) is 0 Å². The third kappa shape index (κ3) is 5.13. The Bertz CT molecular complexity index is 1000. The van der Waals surface area contributed by atoms with Crippen LogP contribution in [0, 0.1) is 17.8 Å². The summed E-state index contributed by atoms with van der Waals surface area (Å²) >= 11 is 1.33. The Hall–Kier alpha value is -2.74.